The summed E-state index contributed by atoms with van der Waals surface area (Å²) in [6, 6.07) is 10.2. The van der Waals surface area contributed by atoms with Crippen LogP contribution < -0.4 is 10.5 Å². The van der Waals surface area contributed by atoms with E-state index in [1.807, 2.05) is 32.9 Å². The van der Waals surface area contributed by atoms with Crippen LogP contribution in [0.25, 0.3) is 11.1 Å². The van der Waals surface area contributed by atoms with Crippen molar-refractivity contribution in [2.75, 3.05) is 18.9 Å². The molecule has 2 heterocycles. The number of nitrogens with zero attached hydrogens (tertiary/aromatic N) is 3. The molecule has 0 unspecified atom stereocenters. The van der Waals surface area contributed by atoms with Crippen LogP contribution in [0.4, 0.5) is 15.9 Å². The third kappa shape index (κ3) is 4.86. The maximum atomic E-state index is 14.9. The molecule has 2 aliphatic rings. The van der Waals surface area contributed by atoms with Gasteiger partial charge in [-0.05, 0) is 66.1 Å². The van der Waals surface area contributed by atoms with E-state index in [4.69, 9.17) is 10.5 Å². The SMILES string of the molecule is CC.Cc1cc(-c2ccnc(N)c2[N+](=O)[O-])ccc1CN1CCOc2cc(C3CC3)cc(F)c2C1=O. The molecule has 0 radical (unpaired) electrons. The molecule has 1 saturated carbocycles. The van der Waals surface area contributed by atoms with Crippen LogP contribution in [0.3, 0.4) is 0 Å². The van der Waals surface area contributed by atoms with Crippen molar-refractivity contribution in [3.05, 3.63) is 80.8 Å². The smallest absolute Gasteiger partial charge is 0.318 e. The Balaban J connectivity index is 0.00000148. The quantitative estimate of drug-likeness (QED) is 0.365. The number of nitro groups is 1. The molecule has 188 valence electrons. The highest BCUT2D eigenvalue weighted by molar-refractivity contribution is 5.97. The number of hydrogen-bond donors (Lipinski definition) is 1. The molecule has 1 fully saturated rings. The lowest BCUT2D eigenvalue weighted by molar-refractivity contribution is -0.383. The monoisotopic (exact) mass is 492 g/mol. The number of hydrogen-bond acceptors (Lipinski definition) is 6. The van der Waals surface area contributed by atoms with E-state index < -0.39 is 16.6 Å². The Bertz CT molecular complexity index is 1320. The van der Waals surface area contributed by atoms with Gasteiger partial charge in [-0.15, -0.1) is 0 Å². The van der Waals surface area contributed by atoms with Crippen LogP contribution in [-0.2, 0) is 6.54 Å². The van der Waals surface area contributed by atoms with Crippen LogP contribution in [0.1, 0.15) is 59.7 Å². The molecular weight excluding hydrogens is 463 g/mol. The van der Waals surface area contributed by atoms with Crippen molar-refractivity contribution in [3.63, 3.8) is 0 Å². The van der Waals surface area contributed by atoms with Gasteiger partial charge in [0.1, 0.15) is 23.7 Å². The van der Waals surface area contributed by atoms with Crippen molar-refractivity contribution >= 4 is 17.4 Å². The minimum atomic E-state index is -0.550. The number of pyridine rings is 1. The standard InChI is InChI=1S/C25H23FN4O4.C2H6/c1-14-10-16(19-6-7-28-24(27)23(19)30(32)33)4-5-17(14)13-29-8-9-34-21-12-18(15-2-3-15)11-20(26)22(21)25(29)31;1-2/h4-7,10-12,15H,2-3,8-9,13H2,1H3,(H2,27,28);1-2H3. The molecule has 5 rings (SSSR count). The summed E-state index contributed by atoms with van der Waals surface area (Å²) in [4.78, 5) is 29.6. The summed E-state index contributed by atoms with van der Waals surface area (Å²) in [6.45, 7) is 6.72. The molecule has 3 aromatic rings. The molecular formula is C27H29FN4O4. The molecule has 0 atom stereocenters. The molecule has 36 heavy (non-hydrogen) atoms. The minimum absolute atomic E-state index is 0.0286. The number of rotatable bonds is 5. The normalized spacial score (nSPS) is 14.8. The van der Waals surface area contributed by atoms with Crippen molar-refractivity contribution in [1.29, 1.82) is 0 Å². The first kappa shape index (κ1) is 25.1. The number of anilines is 1. The van der Waals surface area contributed by atoms with E-state index in [0.29, 0.717) is 29.3 Å². The second kappa shape index (κ2) is 10.3. The maximum absolute atomic E-state index is 14.9. The number of fused-ring (bicyclic) bond motifs is 1. The van der Waals surface area contributed by atoms with E-state index in [2.05, 4.69) is 4.98 Å². The van der Waals surface area contributed by atoms with E-state index in [9.17, 15) is 19.3 Å². The number of halogens is 1. The molecule has 1 aliphatic carbocycles. The number of benzene rings is 2. The lowest BCUT2D eigenvalue weighted by Gasteiger charge is -2.21. The summed E-state index contributed by atoms with van der Waals surface area (Å²) in [7, 11) is 0. The van der Waals surface area contributed by atoms with Gasteiger partial charge in [-0.2, -0.15) is 0 Å². The first-order valence-corrected chi connectivity index (χ1v) is 12.1. The van der Waals surface area contributed by atoms with Crippen molar-refractivity contribution in [3.8, 4) is 16.9 Å². The number of nitrogens with two attached hydrogens (primary N) is 1. The van der Waals surface area contributed by atoms with Gasteiger partial charge in [0.15, 0.2) is 0 Å². The van der Waals surface area contributed by atoms with Gasteiger partial charge in [-0.25, -0.2) is 9.37 Å². The van der Waals surface area contributed by atoms with Crippen LogP contribution >= 0.6 is 0 Å². The number of aryl methyl sites for hydroxylation is 1. The highest BCUT2D eigenvalue weighted by atomic mass is 19.1. The predicted molar refractivity (Wildman–Crippen MR) is 135 cm³/mol. The van der Waals surface area contributed by atoms with Gasteiger partial charge in [0.05, 0.1) is 17.0 Å². The number of nitrogen functional groups attached to an aromatic ring is 1. The lowest BCUT2D eigenvalue weighted by Crippen LogP contribution is -2.32. The molecule has 0 spiro atoms. The number of ether oxygens (including phenoxy) is 1. The highest BCUT2D eigenvalue weighted by Gasteiger charge is 2.31. The zero-order valence-corrected chi connectivity index (χ0v) is 20.6. The number of amides is 1. The summed E-state index contributed by atoms with van der Waals surface area (Å²) < 4.78 is 20.7. The summed E-state index contributed by atoms with van der Waals surface area (Å²) in [5.74, 6) is -0.445. The zero-order valence-electron chi connectivity index (χ0n) is 20.6. The Hall–Kier alpha value is -4.01. The minimum Gasteiger partial charge on any atom is -0.491 e. The molecule has 0 saturated heterocycles. The molecule has 1 amide bonds. The number of carbonyl (C=O) groups excluding carboxylic acids is 1. The average Bonchev–Trinajstić information content (AvgIpc) is 3.71. The van der Waals surface area contributed by atoms with Crippen LogP contribution in [0.15, 0.2) is 42.6 Å². The van der Waals surface area contributed by atoms with Crippen LogP contribution in [0.2, 0.25) is 0 Å². The Labute approximate surface area is 209 Å². The second-order valence-corrected chi connectivity index (χ2v) is 8.72. The lowest BCUT2D eigenvalue weighted by atomic mass is 9.98. The summed E-state index contributed by atoms with van der Waals surface area (Å²) >= 11 is 0. The summed E-state index contributed by atoms with van der Waals surface area (Å²) in [5, 5.41) is 11.5. The van der Waals surface area contributed by atoms with Crippen LogP contribution in [0, 0.1) is 22.9 Å². The van der Waals surface area contributed by atoms with E-state index in [1.165, 1.54) is 12.3 Å². The largest absolute Gasteiger partial charge is 0.491 e. The molecule has 0 bridgehead atoms. The summed E-state index contributed by atoms with van der Waals surface area (Å²) in [6.07, 6.45) is 3.49. The van der Waals surface area contributed by atoms with E-state index in [1.54, 1.807) is 23.1 Å². The topological polar surface area (TPSA) is 112 Å². The van der Waals surface area contributed by atoms with Gasteiger partial charge < -0.3 is 15.4 Å². The molecule has 8 nitrogen and oxygen atoms in total. The third-order valence-corrected chi connectivity index (χ3v) is 6.39. The van der Waals surface area contributed by atoms with E-state index in [0.717, 1.165) is 29.5 Å². The van der Waals surface area contributed by atoms with Gasteiger partial charge in [0.25, 0.3) is 5.91 Å². The highest BCUT2D eigenvalue weighted by Crippen LogP contribution is 2.43. The fourth-order valence-corrected chi connectivity index (χ4v) is 4.39. The molecule has 2 aromatic carbocycles. The number of aromatic nitrogens is 1. The Morgan fingerprint density at radius 3 is 2.64 bits per heavy atom. The zero-order chi connectivity index (χ0) is 26.0. The van der Waals surface area contributed by atoms with Crippen molar-refractivity contribution in [2.45, 2.75) is 46.1 Å². The van der Waals surface area contributed by atoms with E-state index in [-0.39, 0.29) is 30.2 Å². The molecule has 2 N–H and O–H groups in total. The number of carbonyl (C=O) groups is 1. The Kier molecular flexibility index (Phi) is 7.19. The van der Waals surface area contributed by atoms with Gasteiger partial charge >= 0.3 is 5.69 Å². The first-order valence-electron chi connectivity index (χ1n) is 12.1. The molecule has 1 aromatic heterocycles. The maximum Gasteiger partial charge on any atom is 0.318 e. The third-order valence-electron chi connectivity index (χ3n) is 6.39. The van der Waals surface area contributed by atoms with Crippen molar-refractivity contribution in [2.24, 2.45) is 0 Å². The Morgan fingerprint density at radius 1 is 1.22 bits per heavy atom. The van der Waals surface area contributed by atoms with E-state index >= 15 is 0 Å². The average molecular weight is 493 g/mol. The first-order chi connectivity index (χ1) is 17.3. The van der Waals surface area contributed by atoms with Crippen LogP contribution in [0.5, 0.6) is 5.75 Å². The second-order valence-electron chi connectivity index (χ2n) is 8.72. The van der Waals surface area contributed by atoms with Gasteiger partial charge in [0.2, 0.25) is 5.82 Å². The van der Waals surface area contributed by atoms with Gasteiger partial charge in [0, 0.05) is 12.7 Å². The van der Waals surface area contributed by atoms with Gasteiger partial charge in [-0.3, -0.25) is 14.9 Å². The molecule has 1 aliphatic heterocycles. The fraction of sp³-hybridized carbons (Fsp3) is 0.333. The Morgan fingerprint density at radius 2 is 1.97 bits per heavy atom. The van der Waals surface area contributed by atoms with Crippen molar-refractivity contribution < 1.29 is 18.8 Å². The predicted octanol–water partition coefficient (Wildman–Crippen LogP) is 5.62. The van der Waals surface area contributed by atoms with Crippen LogP contribution in [-0.4, -0.2) is 33.9 Å². The summed E-state index contributed by atoms with van der Waals surface area (Å²) in [5.41, 5.74) is 9.01. The molecule has 9 heteroatoms. The van der Waals surface area contributed by atoms with Crippen molar-refractivity contribution in [1.82, 2.24) is 9.88 Å². The van der Waals surface area contributed by atoms with Gasteiger partial charge in [-0.1, -0.05) is 32.0 Å². The fourth-order valence-electron chi connectivity index (χ4n) is 4.39.